The van der Waals surface area contributed by atoms with Crippen molar-refractivity contribution >= 4 is 17.9 Å². The zero-order chi connectivity index (χ0) is 12.9. The van der Waals surface area contributed by atoms with E-state index in [0.717, 1.165) is 4.90 Å². The molecule has 0 aliphatic heterocycles. The molecule has 92 valence electrons. The summed E-state index contributed by atoms with van der Waals surface area (Å²) in [5.41, 5.74) is 10.3. The summed E-state index contributed by atoms with van der Waals surface area (Å²) in [6.07, 6.45) is -0.939. The monoisotopic (exact) mass is 232 g/mol. The Hall–Kier alpha value is -1.83. The molecule has 6 N–H and O–H groups in total. The van der Waals surface area contributed by atoms with Crippen LogP contribution in [0, 0.1) is 5.41 Å². The number of carbonyl (C=O) groups is 2. The quantitative estimate of drug-likeness (QED) is 0.247. The van der Waals surface area contributed by atoms with Crippen LogP contribution in [0.3, 0.4) is 0 Å². The van der Waals surface area contributed by atoms with E-state index in [-0.39, 0.29) is 12.5 Å². The number of guanidine groups is 1. The Morgan fingerprint density at radius 3 is 2.44 bits per heavy atom. The summed E-state index contributed by atoms with van der Waals surface area (Å²) in [5.74, 6) is -2.23. The molecule has 0 bridgehead atoms. The van der Waals surface area contributed by atoms with Gasteiger partial charge in [-0.1, -0.05) is 0 Å². The highest BCUT2D eigenvalue weighted by atomic mass is 16.5. The highest BCUT2D eigenvalue weighted by Gasteiger charge is 2.23. The third-order valence-electron chi connectivity index (χ3n) is 1.89. The average molecular weight is 232 g/mol. The van der Waals surface area contributed by atoms with E-state index in [9.17, 15) is 9.59 Å². The Labute approximate surface area is 92.6 Å². The summed E-state index contributed by atoms with van der Waals surface area (Å²) in [6.45, 7) is 1.15. The number of ether oxygens (including phenoxy) is 1. The van der Waals surface area contributed by atoms with Crippen molar-refractivity contribution in [2.24, 2.45) is 11.5 Å². The second kappa shape index (κ2) is 5.91. The molecule has 2 unspecified atom stereocenters. The SMILES string of the molecule is CC(OC(=O)CN(C)C(=N)N)C(N)C(=O)O. The van der Waals surface area contributed by atoms with Crippen molar-refractivity contribution in [3.05, 3.63) is 0 Å². The van der Waals surface area contributed by atoms with Crippen LogP contribution < -0.4 is 11.5 Å². The number of aliphatic carboxylic acids is 1. The maximum absolute atomic E-state index is 11.2. The van der Waals surface area contributed by atoms with Crippen molar-refractivity contribution in [1.82, 2.24) is 4.90 Å². The molecule has 0 saturated carbocycles. The number of hydrogen-bond donors (Lipinski definition) is 4. The van der Waals surface area contributed by atoms with Crippen LogP contribution in [0.5, 0.6) is 0 Å². The molecule has 8 nitrogen and oxygen atoms in total. The molecule has 0 fully saturated rings. The van der Waals surface area contributed by atoms with Crippen molar-refractivity contribution in [2.75, 3.05) is 13.6 Å². The van der Waals surface area contributed by atoms with Crippen LogP contribution >= 0.6 is 0 Å². The number of hydrogen-bond acceptors (Lipinski definition) is 5. The summed E-state index contributed by atoms with van der Waals surface area (Å²) >= 11 is 0. The number of esters is 1. The van der Waals surface area contributed by atoms with E-state index >= 15 is 0 Å². The van der Waals surface area contributed by atoms with Crippen molar-refractivity contribution in [1.29, 1.82) is 5.41 Å². The summed E-state index contributed by atoms with van der Waals surface area (Å²) in [5, 5.41) is 15.6. The highest BCUT2D eigenvalue weighted by molar-refractivity contribution is 5.81. The van der Waals surface area contributed by atoms with E-state index in [1.165, 1.54) is 14.0 Å². The molecule has 0 aromatic rings. The molecule has 0 aromatic carbocycles. The maximum Gasteiger partial charge on any atom is 0.325 e. The zero-order valence-corrected chi connectivity index (χ0v) is 9.14. The molecule has 0 aliphatic rings. The lowest BCUT2D eigenvalue weighted by Crippen LogP contribution is -2.44. The van der Waals surface area contributed by atoms with Gasteiger partial charge in [0.05, 0.1) is 0 Å². The van der Waals surface area contributed by atoms with Gasteiger partial charge in [-0.15, -0.1) is 0 Å². The normalized spacial score (nSPS) is 13.7. The van der Waals surface area contributed by atoms with Crippen LogP contribution in [0.15, 0.2) is 0 Å². The molecule has 0 saturated heterocycles. The fraction of sp³-hybridized carbons (Fsp3) is 0.625. The van der Waals surface area contributed by atoms with Crippen molar-refractivity contribution in [3.63, 3.8) is 0 Å². The number of nitrogens with one attached hydrogen (secondary N) is 1. The standard InChI is InChI=1S/C8H16N4O4/c1-4(6(9)7(14)15)16-5(13)3-12(2)8(10)11/h4,6H,3,9H2,1-2H3,(H3,10,11)(H,14,15). The van der Waals surface area contributed by atoms with E-state index in [2.05, 4.69) is 0 Å². The van der Waals surface area contributed by atoms with Gasteiger partial charge in [0.1, 0.15) is 18.7 Å². The first-order valence-corrected chi connectivity index (χ1v) is 4.48. The van der Waals surface area contributed by atoms with E-state index in [4.69, 9.17) is 26.7 Å². The molecule has 0 spiro atoms. The average Bonchev–Trinajstić information content (AvgIpc) is 2.15. The molecule has 0 radical (unpaired) electrons. The minimum Gasteiger partial charge on any atom is -0.480 e. The molecule has 8 heteroatoms. The first kappa shape index (κ1) is 14.2. The predicted molar refractivity (Wildman–Crippen MR) is 55.7 cm³/mol. The number of carboxylic acids is 1. The van der Waals surface area contributed by atoms with Crippen LogP contribution in [-0.2, 0) is 14.3 Å². The Kier molecular flexibility index (Phi) is 5.23. The zero-order valence-electron chi connectivity index (χ0n) is 9.14. The van der Waals surface area contributed by atoms with E-state index in [0.29, 0.717) is 0 Å². The molecular formula is C8H16N4O4. The van der Waals surface area contributed by atoms with E-state index < -0.39 is 24.1 Å². The van der Waals surface area contributed by atoms with Crippen LogP contribution in [0.1, 0.15) is 6.92 Å². The fourth-order valence-corrected chi connectivity index (χ4v) is 0.798. The Morgan fingerprint density at radius 1 is 1.56 bits per heavy atom. The number of nitrogens with two attached hydrogens (primary N) is 2. The molecule has 0 aliphatic carbocycles. The van der Waals surface area contributed by atoms with Gasteiger partial charge in [-0.25, -0.2) is 0 Å². The third kappa shape index (κ3) is 4.60. The predicted octanol–water partition coefficient (Wildman–Crippen LogP) is -1.84. The van der Waals surface area contributed by atoms with Crippen LogP contribution in [0.4, 0.5) is 0 Å². The number of rotatable bonds is 5. The summed E-state index contributed by atoms with van der Waals surface area (Å²) in [4.78, 5) is 22.9. The van der Waals surface area contributed by atoms with Crippen molar-refractivity contribution in [3.8, 4) is 0 Å². The maximum atomic E-state index is 11.2. The van der Waals surface area contributed by atoms with Gasteiger partial charge in [-0.05, 0) is 6.92 Å². The van der Waals surface area contributed by atoms with Gasteiger partial charge < -0.3 is 26.2 Å². The summed E-state index contributed by atoms with van der Waals surface area (Å²) < 4.78 is 4.76. The van der Waals surface area contributed by atoms with E-state index in [1.807, 2.05) is 0 Å². The summed E-state index contributed by atoms with van der Waals surface area (Å²) in [7, 11) is 1.44. The van der Waals surface area contributed by atoms with Gasteiger partial charge >= 0.3 is 11.9 Å². The Balaban J connectivity index is 4.15. The topological polar surface area (TPSA) is 143 Å². The van der Waals surface area contributed by atoms with Crippen LogP contribution in [0.2, 0.25) is 0 Å². The lowest BCUT2D eigenvalue weighted by molar-refractivity contribution is -0.153. The number of nitrogens with zero attached hydrogens (tertiary/aromatic N) is 1. The minimum atomic E-state index is -1.27. The highest BCUT2D eigenvalue weighted by Crippen LogP contribution is 1.98. The van der Waals surface area contributed by atoms with Gasteiger partial charge in [0.2, 0.25) is 0 Å². The molecule has 2 atom stereocenters. The van der Waals surface area contributed by atoms with Crippen molar-refractivity contribution < 1.29 is 19.4 Å². The van der Waals surface area contributed by atoms with Gasteiger partial charge in [0.25, 0.3) is 0 Å². The minimum absolute atomic E-state index is 0.230. The van der Waals surface area contributed by atoms with Gasteiger partial charge in [-0.2, -0.15) is 0 Å². The lowest BCUT2D eigenvalue weighted by atomic mass is 10.2. The molecule has 0 amide bonds. The van der Waals surface area contributed by atoms with Crippen LogP contribution in [0.25, 0.3) is 0 Å². The molecule has 0 rings (SSSR count). The first-order chi connectivity index (χ1) is 7.25. The largest absolute Gasteiger partial charge is 0.480 e. The second-order valence-electron chi connectivity index (χ2n) is 3.30. The second-order valence-corrected chi connectivity index (χ2v) is 3.30. The Bertz CT molecular complexity index is 294. The third-order valence-corrected chi connectivity index (χ3v) is 1.89. The first-order valence-electron chi connectivity index (χ1n) is 4.48. The summed E-state index contributed by atoms with van der Waals surface area (Å²) in [6, 6.07) is -1.27. The lowest BCUT2D eigenvalue weighted by Gasteiger charge is -2.20. The number of likely N-dealkylation sites (N-methyl/N-ethyl adjacent to an activating group) is 1. The molecule has 0 aromatic heterocycles. The van der Waals surface area contributed by atoms with Crippen molar-refractivity contribution in [2.45, 2.75) is 19.1 Å². The smallest absolute Gasteiger partial charge is 0.325 e. The Morgan fingerprint density at radius 2 is 2.06 bits per heavy atom. The van der Waals surface area contributed by atoms with Gasteiger partial charge in [-0.3, -0.25) is 15.0 Å². The molecule has 0 heterocycles. The van der Waals surface area contributed by atoms with Gasteiger partial charge in [0, 0.05) is 7.05 Å². The molecular weight excluding hydrogens is 216 g/mol. The fourth-order valence-electron chi connectivity index (χ4n) is 0.798. The van der Waals surface area contributed by atoms with Gasteiger partial charge in [0.15, 0.2) is 5.96 Å². The molecule has 16 heavy (non-hydrogen) atoms. The number of carboxylic acid groups (broad SMARTS) is 1. The van der Waals surface area contributed by atoms with E-state index in [1.54, 1.807) is 0 Å². The number of carbonyl (C=O) groups excluding carboxylic acids is 1. The van der Waals surface area contributed by atoms with Crippen LogP contribution in [-0.4, -0.2) is 53.6 Å².